The Morgan fingerprint density at radius 1 is 0.903 bits per heavy atom. The third kappa shape index (κ3) is 10.0. The van der Waals surface area contributed by atoms with Gasteiger partial charge in [0.1, 0.15) is 5.00 Å². The number of hydrogen-bond donors (Lipinski definition) is 1. The maximum Gasteiger partial charge on any atom is 0.393 e. The van der Waals surface area contributed by atoms with Gasteiger partial charge in [-0.2, -0.15) is 26.3 Å². The molecule has 13 heteroatoms. The van der Waals surface area contributed by atoms with E-state index in [9.17, 15) is 35.9 Å². The Kier molecular flexibility index (Phi) is 9.81. The summed E-state index contributed by atoms with van der Waals surface area (Å²) in [6.45, 7) is 3.62. The van der Waals surface area contributed by atoms with Crippen LogP contribution in [0, 0.1) is 0 Å². The van der Waals surface area contributed by atoms with Gasteiger partial charge in [-0.1, -0.05) is 0 Å². The zero-order valence-corrected chi connectivity index (χ0v) is 18.0. The summed E-state index contributed by atoms with van der Waals surface area (Å²) in [5.41, 5.74) is 5.63. The number of alkyl halides is 6. The first-order valence-corrected chi connectivity index (χ1v) is 10.4. The van der Waals surface area contributed by atoms with Crippen LogP contribution in [0.25, 0.3) is 0 Å². The highest BCUT2D eigenvalue weighted by atomic mass is 32.1. The van der Waals surface area contributed by atoms with Crippen molar-refractivity contribution in [3.8, 4) is 0 Å². The monoisotopic (exact) mass is 491 g/mol. The standard InChI is InChI=1S/C9H10F3NO2S.C9H9F3O2S/c1-2-15-8(14)6-3-5(16-7(6)13)4-9(10,11)12;1-2-14-8(13)6-3-7(15-5-6)4-9(10,11)12/h3H,2,4,13H2,1H3;3,5H,2,4H2,1H3. The van der Waals surface area contributed by atoms with Crippen LogP contribution in [0.15, 0.2) is 17.5 Å². The Labute approximate surface area is 181 Å². The van der Waals surface area contributed by atoms with Gasteiger partial charge >= 0.3 is 24.3 Å². The third-order valence-electron chi connectivity index (χ3n) is 3.22. The predicted molar refractivity (Wildman–Crippen MR) is 104 cm³/mol. The molecule has 2 heterocycles. The molecule has 0 spiro atoms. The van der Waals surface area contributed by atoms with Crippen LogP contribution >= 0.6 is 22.7 Å². The molecule has 0 unspecified atom stereocenters. The lowest BCUT2D eigenvalue weighted by Crippen LogP contribution is -2.10. The number of nitrogens with two attached hydrogens (primary N) is 1. The van der Waals surface area contributed by atoms with Crippen LogP contribution in [0.4, 0.5) is 31.3 Å². The minimum atomic E-state index is -4.30. The molecule has 0 saturated heterocycles. The molecule has 174 valence electrons. The molecule has 31 heavy (non-hydrogen) atoms. The van der Waals surface area contributed by atoms with E-state index >= 15 is 0 Å². The normalized spacial score (nSPS) is 11.5. The van der Waals surface area contributed by atoms with Gasteiger partial charge in [0.25, 0.3) is 0 Å². The minimum absolute atomic E-state index is 0.00565. The van der Waals surface area contributed by atoms with E-state index in [2.05, 4.69) is 9.47 Å². The fourth-order valence-electron chi connectivity index (χ4n) is 2.10. The van der Waals surface area contributed by atoms with Crippen LogP contribution in [0.3, 0.4) is 0 Å². The van der Waals surface area contributed by atoms with E-state index in [1.54, 1.807) is 13.8 Å². The number of thiophene rings is 2. The first-order valence-electron chi connectivity index (χ1n) is 8.69. The van der Waals surface area contributed by atoms with Gasteiger partial charge in [-0.25, -0.2) is 9.59 Å². The summed E-state index contributed by atoms with van der Waals surface area (Å²) in [5, 5.41) is 1.43. The number of carbonyl (C=O) groups excluding carboxylic acids is 2. The molecule has 0 atom stereocenters. The second kappa shape index (κ2) is 11.4. The topological polar surface area (TPSA) is 78.6 Å². The second-order valence-corrected chi connectivity index (χ2v) is 7.98. The third-order valence-corrected chi connectivity index (χ3v) is 5.12. The molecule has 0 bridgehead atoms. The maximum absolute atomic E-state index is 12.1. The number of nitrogen functional groups attached to an aromatic ring is 1. The average Bonchev–Trinajstić information content (AvgIpc) is 3.19. The van der Waals surface area contributed by atoms with Gasteiger partial charge in [0.2, 0.25) is 0 Å². The number of halogens is 6. The van der Waals surface area contributed by atoms with Crippen LogP contribution in [0.1, 0.15) is 44.3 Å². The molecule has 2 aromatic rings. The van der Waals surface area contributed by atoms with Gasteiger partial charge in [0.05, 0.1) is 37.2 Å². The van der Waals surface area contributed by atoms with E-state index in [1.807, 2.05) is 0 Å². The Bertz CT molecular complexity index is 873. The zero-order valence-electron chi connectivity index (χ0n) is 16.4. The van der Waals surface area contributed by atoms with Crippen LogP contribution in [0.2, 0.25) is 0 Å². The summed E-state index contributed by atoms with van der Waals surface area (Å²) in [7, 11) is 0. The number of esters is 2. The molecule has 0 fully saturated rings. The summed E-state index contributed by atoms with van der Waals surface area (Å²) in [6.07, 6.45) is -10.6. The summed E-state index contributed by atoms with van der Waals surface area (Å²) in [5.74, 6) is -1.27. The van der Waals surface area contributed by atoms with Gasteiger partial charge in [0, 0.05) is 15.1 Å². The Morgan fingerprint density at radius 3 is 1.94 bits per heavy atom. The van der Waals surface area contributed by atoms with Crippen molar-refractivity contribution in [2.75, 3.05) is 18.9 Å². The van der Waals surface area contributed by atoms with Crippen molar-refractivity contribution < 1.29 is 45.4 Å². The lowest BCUT2D eigenvalue weighted by Gasteiger charge is -2.02. The van der Waals surface area contributed by atoms with E-state index in [0.717, 1.165) is 28.7 Å². The second-order valence-electron chi connectivity index (χ2n) is 5.82. The number of anilines is 1. The van der Waals surface area contributed by atoms with Crippen LogP contribution in [-0.2, 0) is 22.3 Å². The van der Waals surface area contributed by atoms with Gasteiger partial charge in [-0.15, -0.1) is 22.7 Å². The van der Waals surface area contributed by atoms with Crippen LogP contribution < -0.4 is 5.73 Å². The molecule has 2 aromatic heterocycles. The molecule has 5 nitrogen and oxygen atoms in total. The van der Waals surface area contributed by atoms with Crippen LogP contribution in [-0.4, -0.2) is 37.5 Å². The average molecular weight is 491 g/mol. The van der Waals surface area contributed by atoms with E-state index in [1.165, 1.54) is 11.4 Å². The molecule has 0 aromatic carbocycles. The molecule has 0 radical (unpaired) electrons. The van der Waals surface area contributed by atoms with E-state index < -0.39 is 37.1 Å². The van der Waals surface area contributed by atoms with Gasteiger partial charge in [-0.3, -0.25) is 0 Å². The lowest BCUT2D eigenvalue weighted by molar-refractivity contribution is -0.127. The van der Waals surface area contributed by atoms with Gasteiger partial charge < -0.3 is 15.2 Å². The van der Waals surface area contributed by atoms with Gasteiger partial charge in [0.15, 0.2) is 0 Å². The first kappa shape index (κ1) is 26.8. The molecule has 0 amide bonds. The SMILES string of the molecule is CCOC(=O)c1cc(CC(F)(F)F)sc1N.CCOC(=O)c1csc(CC(F)(F)F)c1. The number of carbonyl (C=O) groups is 2. The van der Waals surface area contributed by atoms with Crippen molar-refractivity contribution >= 4 is 39.6 Å². The molecule has 0 aliphatic rings. The quantitative estimate of drug-likeness (QED) is 0.418. The summed E-state index contributed by atoms with van der Waals surface area (Å²) >= 11 is 1.66. The Hall–Kier alpha value is -2.28. The molecular weight excluding hydrogens is 472 g/mol. The minimum Gasteiger partial charge on any atom is -0.462 e. The highest BCUT2D eigenvalue weighted by molar-refractivity contribution is 7.16. The Morgan fingerprint density at radius 2 is 1.42 bits per heavy atom. The zero-order chi connectivity index (χ0) is 23.8. The molecular formula is C18H19F6NO4S2. The molecule has 2 N–H and O–H groups in total. The highest BCUT2D eigenvalue weighted by Gasteiger charge is 2.30. The lowest BCUT2D eigenvalue weighted by atomic mass is 10.2. The summed E-state index contributed by atoms with van der Waals surface area (Å²) < 4.78 is 81.5. The number of rotatable bonds is 6. The predicted octanol–water partition coefficient (Wildman–Crippen LogP) is 5.64. The van der Waals surface area contributed by atoms with Gasteiger partial charge in [-0.05, 0) is 26.0 Å². The Balaban J connectivity index is 0.000000311. The number of ether oxygens (including phenoxy) is 2. The first-order chi connectivity index (χ1) is 14.3. The highest BCUT2D eigenvalue weighted by Crippen LogP contribution is 2.31. The van der Waals surface area contributed by atoms with E-state index in [4.69, 9.17) is 5.73 Å². The van der Waals surface area contributed by atoms with Crippen molar-refractivity contribution in [3.63, 3.8) is 0 Å². The summed E-state index contributed by atoms with van der Waals surface area (Å²) in [4.78, 5) is 22.5. The number of hydrogen-bond acceptors (Lipinski definition) is 7. The molecule has 0 saturated carbocycles. The largest absolute Gasteiger partial charge is 0.462 e. The van der Waals surface area contributed by atoms with Crippen molar-refractivity contribution in [1.29, 1.82) is 0 Å². The van der Waals surface area contributed by atoms with Crippen molar-refractivity contribution in [2.24, 2.45) is 0 Å². The smallest absolute Gasteiger partial charge is 0.393 e. The molecule has 0 aliphatic carbocycles. The van der Waals surface area contributed by atoms with Crippen molar-refractivity contribution in [2.45, 2.75) is 39.0 Å². The van der Waals surface area contributed by atoms with E-state index in [-0.39, 0.29) is 39.1 Å². The maximum atomic E-state index is 12.1. The molecule has 0 aliphatic heterocycles. The summed E-state index contributed by atoms with van der Waals surface area (Å²) in [6, 6.07) is 2.35. The van der Waals surface area contributed by atoms with E-state index in [0.29, 0.717) is 0 Å². The molecule has 2 rings (SSSR count). The van der Waals surface area contributed by atoms with Crippen LogP contribution in [0.5, 0.6) is 0 Å². The fourth-order valence-corrected chi connectivity index (χ4v) is 3.94. The van der Waals surface area contributed by atoms with Crippen molar-refractivity contribution in [1.82, 2.24) is 0 Å². The fraction of sp³-hybridized carbons (Fsp3) is 0.444. The van der Waals surface area contributed by atoms with Crippen molar-refractivity contribution in [3.05, 3.63) is 38.4 Å².